The number of fused-ring (bicyclic) bond motifs is 3. The molecule has 4 aromatic rings. The molecule has 0 saturated heterocycles. The number of aromatic nitrogens is 2. The van der Waals surface area contributed by atoms with E-state index in [-0.39, 0.29) is 18.1 Å². The Balaban J connectivity index is 1.24. The zero-order valence-electron chi connectivity index (χ0n) is 18.8. The molecule has 0 fully saturated rings. The molecule has 34 heavy (non-hydrogen) atoms. The molecule has 174 valence electrons. The third-order valence-electron chi connectivity index (χ3n) is 5.73. The minimum atomic E-state index is -0.660. The van der Waals surface area contributed by atoms with Crippen LogP contribution in [0.1, 0.15) is 36.0 Å². The molecule has 0 radical (unpaired) electrons. The van der Waals surface area contributed by atoms with Gasteiger partial charge in [-0.15, -0.1) is 11.3 Å². The first-order chi connectivity index (χ1) is 16.6. The van der Waals surface area contributed by atoms with E-state index in [2.05, 4.69) is 10.3 Å². The highest BCUT2D eigenvalue weighted by Gasteiger charge is 2.19. The summed E-state index contributed by atoms with van der Waals surface area (Å²) in [5.74, 6) is 0.943. The van der Waals surface area contributed by atoms with Gasteiger partial charge in [-0.05, 0) is 56.9 Å². The monoisotopic (exact) mass is 475 g/mol. The van der Waals surface area contributed by atoms with Crippen molar-refractivity contribution >= 4 is 27.9 Å². The third-order valence-corrected chi connectivity index (χ3v) is 6.87. The van der Waals surface area contributed by atoms with Crippen molar-refractivity contribution in [3.05, 3.63) is 87.3 Å². The van der Waals surface area contributed by atoms with E-state index in [0.29, 0.717) is 22.9 Å². The van der Waals surface area contributed by atoms with E-state index in [1.807, 2.05) is 18.2 Å². The second kappa shape index (κ2) is 9.69. The predicted octanol–water partition coefficient (Wildman–Crippen LogP) is 4.62. The van der Waals surface area contributed by atoms with Crippen molar-refractivity contribution in [3.63, 3.8) is 0 Å². The smallest absolute Gasteiger partial charge is 0.265 e. The molecule has 1 N–H and O–H groups in total. The summed E-state index contributed by atoms with van der Waals surface area (Å²) in [6.07, 6.45) is 3.56. The molecule has 1 aliphatic carbocycles. The second-order valence-electron chi connectivity index (χ2n) is 8.26. The number of anilines is 1. The van der Waals surface area contributed by atoms with Crippen LogP contribution >= 0.6 is 11.3 Å². The molecule has 0 bridgehead atoms. The highest BCUT2D eigenvalue weighted by molar-refractivity contribution is 7.17. The Bertz CT molecular complexity index is 1380. The van der Waals surface area contributed by atoms with Gasteiger partial charge in [0, 0.05) is 28.4 Å². The first-order valence-corrected chi connectivity index (χ1v) is 12.2. The number of nitrogens with one attached hydrogen (secondary N) is 1. The topological polar surface area (TPSA) is 81.9 Å². The standard InChI is InChI=1S/C26H25N3O4S/c1-17(33-20-9-3-2-4-10-20)25(31)27-18-8-7-11-21(14-18)32-16-19-15-24(30)29-22-12-5-6-13-23(22)34-26(29)28-19/h2-4,7-11,14-15,17H,5-6,12-13,16H2,1H3,(H,27,31)/t17-/m0/s1. The Kier molecular flexibility index (Phi) is 6.31. The number of ether oxygens (including phenoxy) is 2. The van der Waals surface area contributed by atoms with Gasteiger partial charge in [-0.1, -0.05) is 24.3 Å². The molecule has 2 aromatic heterocycles. The van der Waals surface area contributed by atoms with E-state index in [0.717, 1.165) is 36.3 Å². The SMILES string of the molecule is C[C@H](Oc1ccccc1)C(=O)Nc1cccc(OCc2cc(=O)n3c4c(sc3n2)CCCC4)c1. The highest BCUT2D eigenvalue weighted by Crippen LogP contribution is 2.28. The van der Waals surface area contributed by atoms with Gasteiger partial charge in [-0.25, -0.2) is 4.98 Å². The molecule has 0 aliphatic heterocycles. The molecule has 5 rings (SSSR count). The molecule has 0 saturated carbocycles. The van der Waals surface area contributed by atoms with Crippen LogP contribution in [0.2, 0.25) is 0 Å². The van der Waals surface area contributed by atoms with Crippen LogP contribution in [-0.2, 0) is 24.2 Å². The fraction of sp³-hybridized carbons (Fsp3) is 0.269. The normalized spacial score (nSPS) is 13.8. The summed E-state index contributed by atoms with van der Waals surface area (Å²) < 4.78 is 13.3. The number of para-hydroxylation sites is 1. The Morgan fingerprint density at radius 1 is 1.09 bits per heavy atom. The highest BCUT2D eigenvalue weighted by atomic mass is 32.1. The van der Waals surface area contributed by atoms with Crippen LogP contribution in [-0.4, -0.2) is 21.4 Å². The van der Waals surface area contributed by atoms with Gasteiger partial charge in [0.2, 0.25) is 0 Å². The third kappa shape index (κ3) is 4.82. The zero-order valence-corrected chi connectivity index (χ0v) is 19.6. The van der Waals surface area contributed by atoms with Crippen molar-refractivity contribution in [2.75, 3.05) is 5.32 Å². The van der Waals surface area contributed by atoms with Gasteiger partial charge in [0.05, 0.1) is 5.69 Å². The van der Waals surface area contributed by atoms with Crippen molar-refractivity contribution in [1.82, 2.24) is 9.38 Å². The van der Waals surface area contributed by atoms with Gasteiger partial charge in [0.1, 0.15) is 18.1 Å². The maximum Gasteiger partial charge on any atom is 0.265 e. The fourth-order valence-corrected chi connectivity index (χ4v) is 5.27. The number of thiazole rings is 1. The number of nitrogens with zero attached hydrogens (tertiary/aromatic N) is 2. The number of rotatable bonds is 7. The van der Waals surface area contributed by atoms with Gasteiger partial charge in [0.25, 0.3) is 11.5 Å². The van der Waals surface area contributed by atoms with E-state index in [4.69, 9.17) is 9.47 Å². The number of carbonyl (C=O) groups is 1. The van der Waals surface area contributed by atoms with Gasteiger partial charge in [-0.3, -0.25) is 14.0 Å². The maximum absolute atomic E-state index is 12.7. The molecular weight excluding hydrogens is 450 g/mol. The fourth-order valence-electron chi connectivity index (χ4n) is 4.04. The van der Waals surface area contributed by atoms with Crippen LogP contribution in [0.15, 0.2) is 65.5 Å². The first-order valence-electron chi connectivity index (χ1n) is 11.4. The average molecular weight is 476 g/mol. The van der Waals surface area contributed by atoms with Gasteiger partial charge in [0.15, 0.2) is 11.1 Å². The lowest BCUT2D eigenvalue weighted by molar-refractivity contribution is -0.122. The summed E-state index contributed by atoms with van der Waals surface area (Å²) in [5.41, 5.74) is 2.24. The Morgan fingerprint density at radius 3 is 2.74 bits per heavy atom. The zero-order chi connectivity index (χ0) is 23.5. The predicted molar refractivity (Wildman–Crippen MR) is 132 cm³/mol. The summed E-state index contributed by atoms with van der Waals surface area (Å²) in [7, 11) is 0. The second-order valence-corrected chi connectivity index (χ2v) is 9.32. The van der Waals surface area contributed by atoms with Crippen molar-refractivity contribution < 1.29 is 14.3 Å². The van der Waals surface area contributed by atoms with E-state index >= 15 is 0 Å². The summed E-state index contributed by atoms with van der Waals surface area (Å²) >= 11 is 1.60. The van der Waals surface area contributed by atoms with Gasteiger partial charge < -0.3 is 14.8 Å². The van der Waals surface area contributed by atoms with Gasteiger partial charge in [-0.2, -0.15) is 0 Å². The lowest BCUT2D eigenvalue weighted by atomic mass is 10.0. The molecular formula is C26H25N3O4S. The maximum atomic E-state index is 12.7. The van der Waals surface area contributed by atoms with Crippen molar-refractivity contribution in [2.24, 2.45) is 0 Å². The van der Waals surface area contributed by atoms with Crippen molar-refractivity contribution in [1.29, 1.82) is 0 Å². The molecule has 2 heterocycles. The lowest BCUT2D eigenvalue weighted by Crippen LogP contribution is -2.30. The van der Waals surface area contributed by atoms with Crippen molar-refractivity contribution in [3.8, 4) is 11.5 Å². The van der Waals surface area contributed by atoms with E-state index < -0.39 is 6.10 Å². The number of benzene rings is 2. The first kappa shape index (κ1) is 22.2. The molecule has 7 nitrogen and oxygen atoms in total. The largest absolute Gasteiger partial charge is 0.487 e. The minimum absolute atomic E-state index is 0.0589. The molecule has 1 aliphatic rings. The molecule has 0 spiro atoms. The summed E-state index contributed by atoms with van der Waals surface area (Å²) in [4.78, 5) is 31.9. The summed E-state index contributed by atoms with van der Waals surface area (Å²) in [5, 5.41) is 2.85. The number of aryl methyl sites for hydroxylation is 2. The number of hydrogen-bond acceptors (Lipinski definition) is 6. The Hall–Kier alpha value is -3.65. The van der Waals surface area contributed by atoms with Crippen LogP contribution in [0.5, 0.6) is 11.5 Å². The van der Waals surface area contributed by atoms with Crippen LogP contribution in [0, 0.1) is 0 Å². The van der Waals surface area contributed by atoms with Crippen molar-refractivity contribution in [2.45, 2.75) is 45.3 Å². The summed E-state index contributed by atoms with van der Waals surface area (Å²) in [6, 6.07) is 17.9. The van der Waals surface area contributed by atoms with Gasteiger partial charge >= 0.3 is 0 Å². The number of amides is 1. The van der Waals surface area contributed by atoms with E-state index in [1.165, 1.54) is 4.88 Å². The quantitative estimate of drug-likeness (QED) is 0.422. The number of carbonyl (C=O) groups excluding carboxylic acids is 1. The summed E-state index contributed by atoms with van der Waals surface area (Å²) in [6.45, 7) is 1.87. The Morgan fingerprint density at radius 2 is 1.88 bits per heavy atom. The van der Waals surface area contributed by atoms with Crippen LogP contribution in [0.25, 0.3) is 4.96 Å². The molecule has 1 amide bonds. The molecule has 0 unspecified atom stereocenters. The molecule has 1 atom stereocenters. The Labute approximate surface area is 201 Å². The lowest BCUT2D eigenvalue weighted by Gasteiger charge is -2.15. The minimum Gasteiger partial charge on any atom is -0.487 e. The van der Waals surface area contributed by atoms with Crippen LogP contribution in [0.3, 0.4) is 0 Å². The molecule has 2 aromatic carbocycles. The number of hydrogen-bond donors (Lipinski definition) is 1. The average Bonchev–Trinajstić information content (AvgIpc) is 3.22. The van der Waals surface area contributed by atoms with Crippen LogP contribution < -0.4 is 20.3 Å². The van der Waals surface area contributed by atoms with E-state index in [1.54, 1.807) is 65.1 Å². The molecule has 8 heteroatoms. The van der Waals surface area contributed by atoms with E-state index in [9.17, 15) is 9.59 Å². The van der Waals surface area contributed by atoms with Crippen LogP contribution in [0.4, 0.5) is 5.69 Å².